The molecule has 3 nitrogen and oxygen atoms in total. The van der Waals surface area contributed by atoms with Crippen LogP contribution in [0.2, 0.25) is 0 Å². The van der Waals surface area contributed by atoms with Crippen LogP contribution in [0.4, 0.5) is 0 Å². The van der Waals surface area contributed by atoms with E-state index in [0.29, 0.717) is 0 Å². The van der Waals surface area contributed by atoms with Gasteiger partial charge in [-0.1, -0.05) is 92.8 Å². The molecule has 1 fully saturated rings. The van der Waals surface area contributed by atoms with E-state index in [9.17, 15) is 0 Å². The van der Waals surface area contributed by atoms with Crippen LogP contribution in [0.15, 0.2) is 0 Å². The van der Waals surface area contributed by atoms with Crippen molar-refractivity contribution < 1.29 is 0 Å². The van der Waals surface area contributed by atoms with Crippen LogP contribution < -0.4 is 11.1 Å². The van der Waals surface area contributed by atoms with Gasteiger partial charge in [0, 0.05) is 13.1 Å². The Kier molecular flexibility index (Phi) is 5.27. The van der Waals surface area contributed by atoms with E-state index in [1.165, 1.54) is 0 Å². The van der Waals surface area contributed by atoms with Crippen molar-refractivity contribution in [1.29, 1.82) is 0 Å². The van der Waals surface area contributed by atoms with Gasteiger partial charge in [0.25, 0.3) is 0 Å². The highest BCUT2D eigenvalue weighted by atomic mass is 35.5. The maximum Gasteiger partial charge on any atom is 0.220 e. The lowest BCUT2D eigenvalue weighted by Gasteiger charge is -2.56. The Balaban J connectivity index is 3.27. The molecule has 0 atom stereocenters. The number of piperazine rings is 1. The molecule has 3 N–H and O–H groups in total. The van der Waals surface area contributed by atoms with E-state index in [1.54, 1.807) is 0 Å². The molecule has 0 aliphatic carbocycles. The van der Waals surface area contributed by atoms with Crippen molar-refractivity contribution in [1.82, 2.24) is 10.2 Å². The van der Waals surface area contributed by atoms with Gasteiger partial charge < -0.3 is 5.73 Å². The van der Waals surface area contributed by atoms with Crippen molar-refractivity contribution >= 4 is 92.8 Å². The van der Waals surface area contributed by atoms with Gasteiger partial charge in [0.15, 0.2) is 0 Å². The van der Waals surface area contributed by atoms with Gasteiger partial charge >= 0.3 is 0 Å². The smallest absolute Gasteiger partial charge is 0.220 e. The quantitative estimate of drug-likeness (QED) is 0.547. The first-order chi connectivity index (χ1) is 7.40. The SMILES string of the molecule is NCCN1C(Cl)(Cl)C(Cl)(Cl)NC(Cl)(Cl)C1(Cl)Cl. The summed E-state index contributed by atoms with van der Waals surface area (Å²) in [7, 11) is 0. The van der Waals surface area contributed by atoms with Gasteiger partial charge in [-0.05, 0) is 0 Å². The number of nitrogens with zero attached hydrogens (tertiary/aromatic N) is 1. The van der Waals surface area contributed by atoms with Gasteiger partial charge in [0.1, 0.15) is 0 Å². The fraction of sp³-hybridized carbons (Fsp3) is 1.00. The first-order valence-electron chi connectivity index (χ1n) is 4.18. The highest BCUT2D eigenvalue weighted by molar-refractivity contribution is 6.67. The zero-order valence-electron chi connectivity index (χ0n) is 7.96. The molecule has 1 aliphatic heterocycles. The Hall–Kier alpha value is 2.20. The van der Waals surface area contributed by atoms with Crippen molar-refractivity contribution in [3.05, 3.63) is 0 Å². The molecule has 0 aromatic rings. The van der Waals surface area contributed by atoms with Crippen LogP contribution in [0.25, 0.3) is 0 Å². The molecular weight excluding hydrogens is 398 g/mol. The van der Waals surface area contributed by atoms with Crippen LogP contribution in [0.5, 0.6) is 0 Å². The number of nitrogens with two attached hydrogens (primary N) is 1. The molecule has 0 aromatic heterocycles. The van der Waals surface area contributed by atoms with E-state index >= 15 is 0 Å². The van der Waals surface area contributed by atoms with E-state index in [1.807, 2.05) is 0 Å². The van der Waals surface area contributed by atoms with E-state index < -0.39 is 17.8 Å². The summed E-state index contributed by atoms with van der Waals surface area (Å²) in [6.07, 6.45) is 0. The lowest BCUT2D eigenvalue weighted by Crippen LogP contribution is -2.77. The van der Waals surface area contributed by atoms with Crippen molar-refractivity contribution in [2.45, 2.75) is 17.8 Å². The minimum atomic E-state index is -1.90. The number of nitrogens with one attached hydrogen (secondary N) is 1. The molecule has 0 aromatic carbocycles. The molecule has 17 heavy (non-hydrogen) atoms. The molecule has 11 heteroatoms. The summed E-state index contributed by atoms with van der Waals surface area (Å²) in [5.74, 6) is 0. The monoisotopic (exact) mass is 401 g/mol. The Morgan fingerprint density at radius 3 is 1.47 bits per heavy atom. The predicted molar refractivity (Wildman–Crippen MR) is 76.6 cm³/mol. The molecule has 102 valence electrons. The molecular formula is C6H7Cl8N3. The van der Waals surface area contributed by atoms with Crippen molar-refractivity contribution in [2.24, 2.45) is 5.73 Å². The topological polar surface area (TPSA) is 41.3 Å². The number of rotatable bonds is 2. The standard InChI is InChI=1S/C6H7Cl8N3/c7-3(8)5(11,12)17(2-1-15)6(13,14)4(9,10)16-3/h16H,1-2,15H2. The highest BCUT2D eigenvalue weighted by Crippen LogP contribution is 2.58. The van der Waals surface area contributed by atoms with E-state index in [-0.39, 0.29) is 13.1 Å². The number of hydrogen-bond acceptors (Lipinski definition) is 3. The van der Waals surface area contributed by atoms with Crippen LogP contribution >= 0.6 is 92.8 Å². The molecule has 1 saturated heterocycles. The predicted octanol–water partition coefficient (Wildman–Crippen LogP) is 3.38. The summed E-state index contributed by atoms with van der Waals surface area (Å²) in [6, 6.07) is 0. The second kappa shape index (κ2) is 5.19. The Morgan fingerprint density at radius 1 is 0.824 bits per heavy atom. The fourth-order valence-electron chi connectivity index (χ4n) is 1.27. The highest BCUT2D eigenvalue weighted by Gasteiger charge is 2.70. The van der Waals surface area contributed by atoms with Crippen molar-refractivity contribution in [2.75, 3.05) is 13.1 Å². The van der Waals surface area contributed by atoms with Gasteiger partial charge in [-0.2, -0.15) is 0 Å². The lowest BCUT2D eigenvalue weighted by atomic mass is 10.3. The number of hydrogen-bond donors (Lipinski definition) is 2. The van der Waals surface area contributed by atoms with E-state index in [2.05, 4.69) is 5.32 Å². The lowest BCUT2D eigenvalue weighted by molar-refractivity contribution is 0.0918. The molecule has 0 amide bonds. The average molecular weight is 405 g/mol. The van der Waals surface area contributed by atoms with Crippen LogP contribution in [-0.2, 0) is 0 Å². The Bertz CT molecular complexity index is 278. The number of halogens is 8. The Morgan fingerprint density at radius 2 is 1.18 bits per heavy atom. The van der Waals surface area contributed by atoms with Crippen LogP contribution in [0.3, 0.4) is 0 Å². The summed E-state index contributed by atoms with van der Waals surface area (Å²) >= 11 is 47.9. The third-order valence-electron chi connectivity index (χ3n) is 2.10. The van der Waals surface area contributed by atoms with Crippen LogP contribution in [0.1, 0.15) is 0 Å². The minimum Gasteiger partial charge on any atom is -0.329 e. The van der Waals surface area contributed by atoms with Crippen molar-refractivity contribution in [3.63, 3.8) is 0 Å². The average Bonchev–Trinajstić information content (AvgIpc) is 2.09. The summed E-state index contributed by atoms with van der Waals surface area (Å²) in [6.45, 7) is 0.208. The molecule has 0 bridgehead atoms. The summed E-state index contributed by atoms with van der Waals surface area (Å²) in [5.41, 5.74) is 5.41. The third kappa shape index (κ3) is 2.81. The molecule has 0 spiro atoms. The summed E-state index contributed by atoms with van der Waals surface area (Å²) in [4.78, 5) is 1.10. The summed E-state index contributed by atoms with van der Waals surface area (Å²) in [5, 5.41) is 2.35. The normalized spacial score (nSPS) is 30.2. The van der Waals surface area contributed by atoms with Gasteiger partial charge in [0.05, 0.1) is 0 Å². The maximum atomic E-state index is 6.04. The van der Waals surface area contributed by atoms with E-state index in [0.717, 1.165) is 4.90 Å². The molecule has 0 radical (unpaired) electrons. The van der Waals surface area contributed by atoms with Crippen LogP contribution in [0, 0.1) is 0 Å². The molecule has 0 unspecified atom stereocenters. The molecule has 1 heterocycles. The van der Waals surface area contributed by atoms with Crippen molar-refractivity contribution in [3.8, 4) is 0 Å². The van der Waals surface area contributed by atoms with Gasteiger partial charge in [0.2, 0.25) is 17.8 Å². The van der Waals surface area contributed by atoms with Crippen LogP contribution in [-0.4, -0.2) is 35.8 Å². The van der Waals surface area contributed by atoms with Gasteiger partial charge in [-0.15, -0.1) is 0 Å². The minimum absolute atomic E-state index is 0.0735. The molecule has 1 rings (SSSR count). The second-order valence-corrected chi connectivity index (χ2v) is 8.53. The first kappa shape index (κ1) is 17.3. The summed E-state index contributed by atoms with van der Waals surface area (Å²) < 4.78 is -7.57. The maximum absolute atomic E-state index is 6.04. The molecule has 0 saturated carbocycles. The Labute approximate surface area is 139 Å². The van der Waals surface area contributed by atoms with Gasteiger partial charge in [-0.25, -0.2) is 10.2 Å². The van der Waals surface area contributed by atoms with Gasteiger partial charge in [-0.3, -0.25) is 0 Å². The van der Waals surface area contributed by atoms with E-state index in [4.69, 9.17) is 98.5 Å². The first-order valence-corrected chi connectivity index (χ1v) is 7.21. The number of alkyl halides is 8. The second-order valence-electron chi connectivity index (χ2n) is 3.30. The zero-order valence-corrected chi connectivity index (χ0v) is 14.0. The zero-order chi connectivity index (χ0) is 13.7. The largest absolute Gasteiger partial charge is 0.329 e. The fourth-order valence-corrected chi connectivity index (χ4v) is 3.65. The molecule has 1 aliphatic rings. The third-order valence-corrected chi connectivity index (χ3v) is 6.30.